The topological polar surface area (TPSA) is 62.1 Å². The number of hydrogen-bond acceptors (Lipinski definition) is 5. The molecule has 2 aromatic carbocycles. The van der Waals surface area contributed by atoms with E-state index >= 15 is 0 Å². The number of nitrogens with zero attached hydrogens (tertiary/aromatic N) is 4. The minimum absolute atomic E-state index is 0.626. The number of hydrogen-bond donors (Lipinski definition) is 0. The number of aromatic nitrogens is 4. The Kier molecular flexibility index (Phi) is 5.24. The van der Waals surface area contributed by atoms with E-state index in [0.29, 0.717) is 24.4 Å². The van der Waals surface area contributed by atoms with Gasteiger partial charge < -0.3 is 9.47 Å². The minimum Gasteiger partial charge on any atom is -0.494 e. The molecule has 0 spiro atoms. The molecule has 2 aromatic heterocycles. The van der Waals surface area contributed by atoms with Crippen LogP contribution in [0.1, 0.15) is 13.8 Å². The predicted molar refractivity (Wildman–Crippen MR) is 115 cm³/mol. The molecule has 6 heteroatoms. The van der Waals surface area contributed by atoms with E-state index in [1.165, 1.54) is 0 Å². The molecule has 0 aliphatic rings. The molecule has 0 atom stereocenters. The standard InChI is InChI=1S/C23H22N4O2/c1-4-27-23-20(15-24-27)25-21(16-7-11-18(12-8-16)28-5-2)22(26-23)17-9-13-19(14-10-17)29-6-3/h4,7-15H,1,5-6H2,2-3H3. The molecular weight excluding hydrogens is 364 g/mol. The number of fused-ring (bicyclic) bond motifs is 1. The van der Waals surface area contributed by atoms with Crippen LogP contribution in [0.25, 0.3) is 39.9 Å². The maximum absolute atomic E-state index is 5.56. The monoisotopic (exact) mass is 386 g/mol. The molecule has 0 aliphatic carbocycles. The lowest BCUT2D eigenvalue weighted by atomic mass is 10.0. The zero-order valence-electron chi connectivity index (χ0n) is 16.5. The molecule has 0 saturated carbocycles. The Hall–Kier alpha value is -3.67. The van der Waals surface area contributed by atoms with Crippen molar-refractivity contribution in [2.75, 3.05) is 13.2 Å². The molecule has 0 aliphatic heterocycles. The third-order valence-electron chi connectivity index (χ3n) is 4.48. The summed E-state index contributed by atoms with van der Waals surface area (Å²) >= 11 is 0. The Morgan fingerprint density at radius 3 is 1.83 bits per heavy atom. The fourth-order valence-electron chi connectivity index (χ4n) is 3.15. The fraction of sp³-hybridized carbons (Fsp3) is 0.174. The summed E-state index contributed by atoms with van der Waals surface area (Å²) in [7, 11) is 0. The van der Waals surface area contributed by atoms with Gasteiger partial charge in [-0.05, 0) is 62.4 Å². The Morgan fingerprint density at radius 2 is 1.34 bits per heavy atom. The molecule has 29 heavy (non-hydrogen) atoms. The first-order valence-corrected chi connectivity index (χ1v) is 9.57. The van der Waals surface area contributed by atoms with Crippen LogP contribution in [-0.4, -0.2) is 33.0 Å². The van der Waals surface area contributed by atoms with Crippen molar-refractivity contribution in [1.82, 2.24) is 19.7 Å². The smallest absolute Gasteiger partial charge is 0.181 e. The highest BCUT2D eigenvalue weighted by Crippen LogP contribution is 2.32. The average Bonchev–Trinajstić information content (AvgIpc) is 3.16. The summed E-state index contributed by atoms with van der Waals surface area (Å²) in [5, 5.41) is 4.29. The van der Waals surface area contributed by atoms with Crippen molar-refractivity contribution < 1.29 is 9.47 Å². The summed E-state index contributed by atoms with van der Waals surface area (Å²) in [6, 6.07) is 15.8. The molecule has 0 saturated heterocycles. The summed E-state index contributed by atoms with van der Waals surface area (Å²) in [5.41, 5.74) is 4.84. The maximum atomic E-state index is 5.56. The predicted octanol–water partition coefficient (Wildman–Crippen LogP) is 5.06. The maximum Gasteiger partial charge on any atom is 0.181 e. The number of rotatable bonds is 7. The second-order valence-electron chi connectivity index (χ2n) is 6.32. The van der Waals surface area contributed by atoms with E-state index in [9.17, 15) is 0 Å². The van der Waals surface area contributed by atoms with E-state index in [0.717, 1.165) is 34.0 Å². The van der Waals surface area contributed by atoms with E-state index in [4.69, 9.17) is 19.4 Å². The molecule has 6 nitrogen and oxygen atoms in total. The van der Waals surface area contributed by atoms with Crippen LogP contribution in [0.4, 0.5) is 0 Å². The molecule has 2 heterocycles. The van der Waals surface area contributed by atoms with Crippen molar-refractivity contribution in [2.24, 2.45) is 0 Å². The van der Waals surface area contributed by atoms with Crippen molar-refractivity contribution in [2.45, 2.75) is 13.8 Å². The Bertz CT molecular complexity index is 1130. The molecule has 4 rings (SSSR count). The lowest BCUT2D eigenvalue weighted by Crippen LogP contribution is -1.98. The van der Waals surface area contributed by atoms with Gasteiger partial charge in [0.25, 0.3) is 0 Å². The van der Waals surface area contributed by atoms with Gasteiger partial charge in [-0.3, -0.25) is 0 Å². The van der Waals surface area contributed by atoms with Crippen LogP contribution in [-0.2, 0) is 0 Å². The highest BCUT2D eigenvalue weighted by Gasteiger charge is 2.16. The van der Waals surface area contributed by atoms with Crippen molar-refractivity contribution in [1.29, 1.82) is 0 Å². The van der Waals surface area contributed by atoms with Crippen molar-refractivity contribution in [3.63, 3.8) is 0 Å². The van der Waals surface area contributed by atoms with Gasteiger partial charge in [0.1, 0.15) is 17.0 Å². The summed E-state index contributed by atoms with van der Waals surface area (Å²) in [5.74, 6) is 1.65. The van der Waals surface area contributed by atoms with Crippen LogP contribution in [0.3, 0.4) is 0 Å². The van der Waals surface area contributed by atoms with Gasteiger partial charge in [0.05, 0.1) is 30.8 Å². The van der Waals surface area contributed by atoms with Gasteiger partial charge in [-0.25, -0.2) is 14.6 Å². The van der Waals surface area contributed by atoms with Gasteiger partial charge in [-0.15, -0.1) is 0 Å². The summed E-state index contributed by atoms with van der Waals surface area (Å²) in [4.78, 5) is 9.74. The largest absolute Gasteiger partial charge is 0.494 e. The van der Waals surface area contributed by atoms with Gasteiger partial charge in [-0.2, -0.15) is 5.10 Å². The number of ether oxygens (including phenoxy) is 2. The van der Waals surface area contributed by atoms with Gasteiger partial charge >= 0.3 is 0 Å². The van der Waals surface area contributed by atoms with E-state index in [1.807, 2.05) is 62.4 Å². The zero-order valence-corrected chi connectivity index (χ0v) is 16.5. The summed E-state index contributed by atoms with van der Waals surface area (Å²) in [6.45, 7) is 8.98. The van der Waals surface area contributed by atoms with E-state index in [1.54, 1.807) is 17.1 Å². The van der Waals surface area contributed by atoms with Crippen LogP contribution >= 0.6 is 0 Å². The van der Waals surface area contributed by atoms with Crippen molar-refractivity contribution in [3.05, 3.63) is 61.3 Å². The van der Waals surface area contributed by atoms with E-state index < -0.39 is 0 Å². The van der Waals surface area contributed by atoms with Gasteiger partial charge in [0.15, 0.2) is 5.65 Å². The summed E-state index contributed by atoms with van der Waals surface area (Å²) in [6.07, 6.45) is 3.32. The third kappa shape index (κ3) is 3.69. The van der Waals surface area contributed by atoms with Crippen LogP contribution in [0, 0.1) is 0 Å². The zero-order chi connectivity index (χ0) is 20.2. The van der Waals surface area contributed by atoms with Gasteiger partial charge in [0.2, 0.25) is 0 Å². The Labute approximate surface area is 169 Å². The lowest BCUT2D eigenvalue weighted by Gasteiger charge is -2.11. The third-order valence-corrected chi connectivity index (χ3v) is 4.48. The molecular formula is C23H22N4O2. The first-order chi connectivity index (χ1) is 14.2. The summed E-state index contributed by atoms with van der Waals surface area (Å²) < 4.78 is 12.8. The molecule has 0 unspecified atom stereocenters. The quantitative estimate of drug-likeness (QED) is 0.444. The number of benzene rings is 2. The lowest BCUT2D eigenvalue weighted by molar-refractivity contribution is 0.340. The molecule has 4 aromatic rings. The van der Waals surface area contributed by atoms with E-state index in [2.05, 4.69) is 11.7 Å². The minimum atomic E-state index is 0.626. The van der Waals surface area contributed by atoms with Crippen molar-refractivity contribution in [3.8, 4) is 34.0 Å². The second-order valence-corrected chi connectivity index (χ2v) is 6.32. The molecule has 0 fully saturated rings. The van der Waals surface area contributed by atoms with Crippen LogP contribution in [0.5, 0.6) is 11.5 Å². The van der Waals surface area contributed by atoms with Crippen LogP contribution in [0.15, 0.2) is 61.3 Å². The normalized spacial score (nSPS) is 10.8. The molecule has 0 radical (unpaired) electrons. The Balaban J connectivity index is 1.87. The highest BCUT2D eigenvalue weighted by atomic mass is 16.5. The van der Waals surface area contributed by atoms with Gasteiger partial charge in [-0.1, -0.05) is 6.58 Å². The molecule has 146 valence electrons. The van der Waals surface area contributed by atoms with Crippen molar-refractivity contribution >= 4 is 17.4 Å². The first kappa shape index (κ1) is 18.7. The second kappa shape index (κ2) is 8.14. The highest BCUT2D eigenvalue weighted by molar-refractivity contribution is 5.85. The van der Waals surface area contributed by atoms with Gasteiger partial charge in [0, 0.05) is 17.3 Å². The first-order valence-electron chi connectivity index (χ1n) is 9.57. The molecule has 0 amide bonds. The van der Waals surface area contributed by atoms with Crippen LogP contribution < -0.4 is 9.47 Å². The molecule has 0 N–H and O–H groups in total. The van der Waals surface area contributed by atoms with E-state index in [-0.39, 0.29) is 0 Å². The van der Waals surface area contributed by atoms with Crippen LogP contribution in [0.2, 0.25) is 0 Å². The molecule has 0 bridgehead atoms. The average molecular weight is 386 g/mol. The SMILES string of the molecule is C=Cn1ncc2nc(-c3ccc(OCC)cc3)c(-c3ccc(OCC)cc3)nc21. The fourth-order valence-corrected chi connectivity index (χ4v) is 3.15. The Morgan fingerprint density at radius 1 is 0.828 bits per heavy atom.